The Bertz CT molecular complexity index is 665. The van der Waals surface area contributed by atoms with Gasteiger partial charge >= 0.3 is 5.97 Å². The molecule has 1 N–H and O–H groups in total. The average molecular weight is 373 g/mol. The van der Waals surface area contributed by atoms with Crippen molar-refractivity contribution in [1.29, 1.82) is 0 Å². The van der Waals surface area contributed by atoms with Crippen molar-refractivity contribution >= 4 is 17.7 Å². The van der Waals surface area contributed by atoms with Crippen LogP contribution < -0.4 is 4.74 Å². The highest BCUT2D eigenvalue weighted by atomic mass is 32.2. The summed E-state index contributed by atoms with van der Waals surface area (Å²) in [4.78, 5) is 12.1. The second kappa shape index (κ2) is 10.9. The van der Waals surface area contributed by atoms with Crippen LogP contribution in [0.5, 0.6) is 5.75 Å². The van der Waals surface area contributed by atoms with Crippen LogP contribution in [0.25, 0.3) is 11.1 Å². The lowest BCUT2D eigenvalue weighted by molar-refractivity contribution is -0.144. The van der Waals surface area contributed by atoms with Gasteiger partial charge in [0.05, 0.1) is 0 Å². The van der Waals surface area contributed by atoms with Gasteiger partial charge in [-0.15, -0.1) is 11.8 Å². The molecule has 0 aliphatic heterocycles. The van der Waals surface area contributed by atoms with Gasteiger partial charge in [-0.05, 0) is 54.5 Å². The number of aliphatic carboxylic acids is 1. The van der Waals surface area contributed by atoms with Crippen LogP contribution in [0.2, 0.25) is 0 Å². The zero-order valence-electron chi connectivity index (χ0n) is 15.6. The molecule has 0 aliphatic carbocycles. The molecule has 4 heteroatoms. The van der Waals surface area contributed by atoms with E-state index in [1.165, 1.54) is 49.7 Å². The molecule has 26 heavy (non-hydrogen) atoms. The van der Waals surface area contributed by atoms with Crippen molar-refractivity contribution in [1.82, 2.24) is 0 Å². The van der Waals surface area contributed by atoms with Crippen LogP contribution in [0, 0.1) is 0 Å². The minimum atomic E-state index is -0.965. The maximum absolute atomic E-state index is 10.8. The Balaban J connectivity index is 1.84. The predicted molar refractivity (Wildman–Crippen MR) is 109 cm³/mol. The topological polar surface area (TPSA) is 46.5 Å². The molecule has 1 atom stereocenters. The number of rotatable bonds is 11. The molecule has 0 spiro atoms. The molecule has 2 aromatic rings. The van der Waals surface area contributed by atoms with Gasteiger partial charge in [0.15, 0.2) is 6.10 Å². The molecule has 0 aliphatic rings. The second-order valence-electron chi connectivity index (χ2n) is 6.41. The highest BCUT2D eigenvalue weighted by Crippen LogP contribution is 2.26. The second-order valence-corrected chi connectivity index (χ2v) is 7.58. The van der Waals surface area contributed by atoms with Crippen LogP contribution in [0.4, 0.5) is 0 Å². The van der Waals surface area contributed by atoms with Crippen molar-refractivity contribution in [2.75, 3.05) is 5.75 Å². The number of hydrogen-bond donors (Lipinski definition) is 1. The Hall–Kier alpha value is -1.94. The number of carboxylic acid groups (broad SMARTS) is 1. The molecule has 0 aromatic heterocycles. The molecular weight excluding hydrogens is 344 g/mol. The standard InChI is InChI=1S/C22H28O3S/c1-3-4-5-6-7-16-26-21-14-10-19(11-15-21)18-8-12-20(13-9-18)25-17(2)22(23)24/h8-15,17H,3-7,16H2,1-2H3,(H,23,24)/t17-/m1/s1. The van der Waals surface area contributed by atoms with Crippen LogP contribution in [0.3, 0.4) is 0 Å². The van der Waals surface area contributed by atoms with Crippen LogP contribution in [0.1, 0.15) is 46.0 Å². The number of unbranched alkanes of at least 4 members (excludes halogenated alkanes) is 4. The number of carboxylic acids is 1. The van der Waals surface area contributed by atoms with Crippen LogP contribution in [-0.2, 0) is 4.79 Å². The SMILES string of the molecule is CCCCCCCSc1ccc(-c2ccc(O[C@H](C)C(=O)O)cc2)cc1. The van der Waals surface area contributed by atoms with E-state index in [1.807, 2.05) is 36.0 Å². The maximum Gasteiger partial charge on any atom is 0.344 e. The van der Waals surface area contributed by atoms with Gasteiger partial charge < -0.3 is 9.84 Å². The highest BCUT2D eigenvalue weighted by Gasteiger charge is 2.12. The number of hydrogen-bond acceptors (Lipinski definition) is 3. The Morgan fingerprint density at radius 3 is 2.12 bits per heavy atom. The Morgan fingerprint density at radius 2 is 1.54 bits per heavy atom. The first-order chi connectivity index (χ1) is 12.6. The predicted octanol–water partition coefficient (Wildman–Crippen LogP) is 6.27. The van der Waals surface area contributed by atoms with Gasteiger partial charge in [0, 0.05) is 4.90 Å². The first-order valence-corrected chi connectivity index (χ1v) is 10.3. The summed E-state index contributed by atoms with van der Waals surface area (Å²) in [5, 5.41) is 8.89. The van der Waals surface area contributed by atoms with Crippen molar-refractivity contribution in [3.05, 3.63) is 48.5 Å². The quantitative estimate of drug-likeness (QED) is 0.373. The average Bonchev–Trinajstić information content (AvgIpc) is 2.65. The van der Waals surface area contributed by atoms with Crippen molar-refractivity contribution < 1.29 is 14.6 Å². The molecule has 0 heterocycles. The van der Waals surface area contributed by atoms with E-state index >= 15 is 0 Å². The van der Waals surface area contributed by atoms with E-state index in [0.29, 0.717) is 5.75 Å². The summed E-state index contributed by atoms with van der Waals surface area (Å²) in [6.07, 6.45) is 5.75. The van der Waals surface area contributed by atoms with Crippen molar-refractivity contribution in [2.45, 2.75) is 57.0 Å². The van der Waals surface area contributed by atoms with Gasteiger partial charge in [0.1, 0.15) is 5.75 Å². The molecule has 0 saturated heterocycles. The van der Waals surface area contributed by atoms with E-state index in [1.54, 1.807) is 0 Å². The largest absolute Gasteiger partial charge is 0.479 e. The normalized spacial score (nSPS) is 11.9. The Kier molecular flexibility index (Phi) is 8.56. The summed E-state index contributed by atoms with van der Waals surface area (Å²) >= 11 is 1.92. The number of ether oxygens (including phenoxy) is 1. The molecule has 2 aromatic carbocycles. The van der Waals surface area contributed by atoms with Gasteiger partial charge in [-0.3, -0.25) is 0 Å². The summed E-state index contributed by atoms with van der Waals surface area (Å²) in [6.45, 7) is 3.77. The summed E-state index contributed by atoms with van der Waals surface area (Å²) < 4.78 is 5.36. The lowest BCUT2D eigenvalue weighted by atomic mass is 10.1. The lowest BCUT2D eigenvalue weighted by Crippen LogP contribution is -2.22. The molecule has 3 nitrogen and oxygen atoms in total. The smallest absolute Gasteiger partial charge is 0.344 e. The fourth-order valence-corrected chi connectivity index (χ4v) is 3.53. The van der Waals surface area contributed by atoms with E-state index < -0.39 is 12.1 Å². The fraction of sp³-hybridized carbons (Fsp3) is 0.409. The monoisotopic (exact) mass is 372 g/mol. The van der Waals surface area contributed by atoms with Crippen molar-refractivity contribution in [3.63, 3.8) is 0 Å². The molecule has 0 amide bonds. The van der Waals surface area contributed by atoms with E-state index in [2.05, 4.69) is 31.2 Å². The van der Waals surface area contributed by atoms with Crippen LogP contribution >= 0.6 is 11.8 Å². The van der Waals surface area contributed by atoms with Crippen LogP contribution in [-0.4, -0.2) is 22.9 Å². The zero-order chi connectivity index (χ0) is 18.8. The van der Waals surface area contributed by atoms with Crippen molar-refractivity contribution in [3.8, 4) is 16.9 Å². The highest BCUT2D eigenvalue weighted by molar-refractivity contribution is 7.99. The van der Waals surface area contributed by atoms with Gasteiger partial charge in [-0.25, -0.2) is 4.79 Å². The minimum absolute atomic E-state index is 0.568. The van der Waals surface area contributed by atoms with E-state index in [0.717, 1.165) is 11.1 Å². The van der Waals surface area contributed by atoms with Gasteiger partial charge in [0.25, 0.3) is 0 Å². The molecule has 2 rings (SSSR count). The molecular formula is C22H28O3S. The van der Waals surface area contributed by atoms with Gasteiger partial charge in [-0.1, -0.05) is 56.9 Å². The molecule has 0 fully saturated rings. The number of thioether (sulfide) groups is 1. The third-order valence-electron chi connectivity index (χ3n) is 4.22. The molecule has 0 radical (unpaired) electrons. The molecule has 140 valence electrons. The fourth-order valence-electron chi connectivity index (χ4n) is 2.62. The zero-order valence-corrected chi connectivity index (χ0v) is 16.4. The molecule has 0 unspecified atom stereocenters. The molecule has 0 saturated carbocycles. The first kappa shape index (κ1) is 20.4. The third-order valence-corrected chi connectivity index (χ3v) is 5.32. The van der Waals surface area contributed by atoms with Gasteiger partial charge in [0.2, 0.25) is 0 Å². The first-order valence-electron chi connectivity index (χ1n) is 9.33. The summed E-state index contributed by atoms with van der Waals surface area (Å²) in [5.41, 5.74) is 2.24. The summed E-state index contributed by atoms with van der Waals surface area (Å²) in [7, 11) is 0. The molecule has 0 bridgehead atoms. The number of carbonyl (C=O) groups is 1. The number of benzene rings is 2. The van der Waals surface area contributed by atoms with E-state index in [-0.39, 0.29) is 0 Å². The van der Waals surface area contributed by atoms with E-state index in [9.17, 15) is 4.79 Å². The van der Waals surface area contributed by atoms with E-state index in [4.69, 9.17) is 9.84 Å². The minimum Gasteiger partial charge on any atom is -0.479 e. The lowest BCUT2D eigenvalue weighted by Gasteiger charge is -2.11. The van der Waals surface area contributed by atoms with Gasteiger partial charge in [-0.2, -0.15) is 0 Å². The Labute approximate surface area is 160 Å². The van der Waals surface area contributed by atoms with Crippen molar-refractivity contribution in [2.24, 2.45) is 0 Å². The summed E-state index contributed by atoms with van der Waals surface area (Å²) in [6, 6.07) is 16.2. The summed E-state index contributed by atoms with van der Waals surface area (Å²) in [5.74, 6) is 0.781. The maximum atomic E-state index is 10.8. The Morgan fingerprint density at radius 1 is 0.962 bits per heavy atom. The van der Waals surface area contributed by atoms with Crippen LogP contribution in [0.15, 0.2) is 53.4 Å². The third kappa shape index (κ3) is 6.75.